The van der Waals surface area contributed by atoms with E-state index in [9.17, 15) is 4.79 Å². The summed E-state index contributed by atoms with van der Waals surface area (Å²) in [7, 11) is 2.08. The van der Waals surface area contributed by atoms with Crippen molar-refractivity contribution in [1.29, 1.82) is 0 Å². The van der Waals surface area contributed by atoms with Crippen molar-refractivity contribution in [3.8, 4) is 0 Å². The maximum Gasteiger partial charge on any atom is 0.237 e. The molecule has 0 aromatic heterocycles. The summed E-state index contributed by atoms with van der Waals surface area (Å²) >= 11 is 0. The van der Waals surface area contributed by atoms with E-state index in [1.807, 2.05) is 13.8 Å². The first kappa shape index (κ1) is 10.5. The Hall–Kier alpha value is -0.610. The molecule has 4 heteroatoms. The maximum absolute atomic E-state index is 11.0. The van der Waals surface area contributed by atoms with Gasteiger partial charge < -0.3 is 10.6 Å². The van der Waals surface area contributed by atoms with Crippen molar-refractivity contribution in [3.63, 3.8) is 0 Å². The minimum atomic E-state index is -0.587. The molecule has 0 spiro atoms. The summed E-state index contributed by atoms with van der Waals surface area (Å²) in [5, 5.41) is 3.27. The Bertz CT molecular complexity index is 203. The third-order valence-electron chi connectivity index (χ3n) is 2.57. The van der Waals surface area contributed by atoms with Gasteiger partial charge in [-0.1, -0.05) is 0 Å². The third kappa shape index (κ3) is 2.67. The highest BCUT2D eigenvalue weighted by molar-refractivity contribution is 5.83. The number of carbonyl (C=O) groups excluding carboxylic acids is 1. The molecule has 3 N–H and O–H groups in total. The number of likely N-dealkylation sites (tertiary alicyclic amines) is 1. The molecule has 1 amide bonds. The SMILES string of the molecule is CN1CCC(NC(C)(C)C(N)=O)C1. The Balaban J connectivity index is 2.44. The van der Waals surface area contributed by atoms with Gasteiger partial charge >= 0.3 is 0 Å². The van der Waals surface area contributed by atoms with E-state index in [4.69, 9.17) is 5.73 Å². The van der Waals surface area contributed by atoms with Crippen molar-refractivity contribution in [2.24, 2.45) is 5.73 Å². The van der Waals surface area contributed by atoms with Gasteiger partial charge in [0.2, 0.25) is 5.91 Å². The molecule has 1 aliphatic rings. The number of nitrogens with one attached hydrogen (secondary N) is 1. The van der Waals surface area contributed by atoms with Crippen LogP contribution in [0.25, 0.3) is 0 Å². The van der Waals surface area contributed by atoms with Crippen LogP contribution < -0.4 is 11.1 Å². The van der Waals surface area contributed by atoms with Crippen molar-refractivity contribution in [2.45, 2.75) is 31.8 Å². The molecular weight excluding hydrogens is 166 g/mol. The summed E-state index contributed by atoms with van der Waals surface area (Å²) in [6.45, 7) is 5.74. The summed E-state index contributed by atoms with van der Waals surface area (Å²) in [6.07, 6.45) is 1.09. The van der Waals surface area contributed by atoms with Gasteiger partial charge in [0.05, 0.1) is 5.54 Å². The molecule has 1 atom stereocenters. The molecule has 0 aliphatic carbocycles. The van der Waals surface area contributed by atoms with E-state index in [0.29, 0.717) is 6.04 Å². The van der Waals surface area contributed by atoms with Gasteiger partial charge in [-0.2, -0.15) is 0 Å². The van der Waals surface area contributed by atoms with E-state index in [0.717, 1.165) is 19.5 Å². The highest BCUT2D eigenvalue weighted by Crippen LogP contribution is 2.11. The number of carbonyl (C=O) groups is 1. The average Bonchev–Trinajstić information content (AvgIpc) is 2.34. The van der Waals surface area contributed by atoms with Gasteiger partial charge in [0.15, 0.2) is 0 Å². The van der Waals surface area contributed by atoms with Crippen molar-refractivity contribution in [3.05, 3.63) is 0 Å². The first-order valence-corrected chi connectivity index (χ1v) is 4.68. The predicted octanol–water partition coefficient (Wildman–Crippen LogP) is -0.456. The monoisotopic (exact) mass is 185 g/mol. The quantitative estimate of drug-likeness (QED) is 0.626. The highest BCUT2D eigenvalue weighted by Gasteiger charge is 2.30. The molecule has 1 saturated heterocycles. The summed E-state index contributed by atoms with van der Waals surface area (Å²) < 4.78 is 0. The predicted molar refractivity (Wildman–Crippen MR) is 52.3 cm³/mol. The lowest BCUT2D eigenvalue weighted by molar-refractivity contribution is -0.123. The number of amides is 1. The Morgan fingerprint density at radius 3 is 2.62 bits per heavy atom. The largest absolute Gasteiger partial charge is 0.368 e. The lowest BCUT2D eigenvalue weighted by atomic mass is 10.0. The summed E-state index contributed by atoms with van der Waals surface area (Å²) in [5.74, 6) is -0.290. The molecule has 0 radical (unpaired) electrons. The van der Waals surface area contributed by atoms with Crippen LogP contribution in [0.15, 0.2) is 0 Å². The summed E-state index contributed by atoms with van der Waals surface area (Å²) in [4.78, 5) is 13.3. The zero-order valence-corrected chi connectivity index (χ0v) is 8.63. The van der Waals surface area contributed by atoms with Crippen LogP contribution in [-0.2, 0) is 4.79 Å². The van der Waals surface area contributed by atoms with E-state index in [1.165, 1.54) is 0 Å². The van der Waals surface area contributed by atoms with Gasteiger partial charge in [0.1, 0.15) is 0 Å². The normalized spacial score (nSPS) is 25.0. The number of likely N-dealkylation sites (N-methyl/N-ethyl adjacent to an activating group) is 1. The lowest BCUT2D eigenvalue weighted by Gasteiger charge is -2.26. The zero-order valence-electron chi connectivity index (χ0n) is 8.63. The van der Waals surface area contributed by atoms with E-state index in [1.54, 1.807) is 0 Å². The second kappa shape index (κ2) is 3.64. The molecule has 1 rings (SSSR count). The maximum atomic E-state index is 11.0. The topological polar surface area (TPSA) is 58.4 Å². The Morgan fingerprint density at radius 1 is 1.62 bits per heavy atom. The first-order chi connectivity index (χ1) is 5.92. The van der Waals surface area contributed by atoms with Gasteiger partial charge in [-0.25, -0.2) is 0 Å². The van der Waals surface area contributed by atoms with E-state index in [2.05, 4.69) is 17.3 Å². The Kier molecular flexibility index (Phi) is 2.93. The van der Waals surface area contributed by atoms with Crippen LogP contribution in [0.1, 0.15) is 20.3 Å². The van der Waals surface area contributed by atoms with Crippen LogP contribution in [0.2, 0.25) is 0 Å². The molecule has 76 valence electrons. The first-order valence-electron chi connectivity index (χ1n) is 4.68. The minimum absolute atomic E-state index is 0.290. The second-order valence-electron chi connectivity index (χ2n) is 4.38. The summed E-state index contributed by atoms with van der Waals surface area (Å²) in [6, 6.07) is 0.396. The summed E-state index contributed by atoms with van der Waals surface area (Å²) in [5.41, 5.74) is 4.68. The van der Waals surface area contributed by atoms with E-state index < -0.39 is 5.54 Å². The number of hydrogen-bond acceptors (Lipinski definition) is 3. The average molecular weight is 185 g/mol. The molecule has 0 saturated carbocycles. The van der Waals surface area contributed by atoms with Crippen LogP contribution in [0.4, 0.5) is 0 Å². The third-order valence-corrected chi connectivity index (χ3v) is 2.57. The van der Waals surface area contributed by atoms with Gasteiger partial charge in [0.25, 0.3) is 0 Å². The molecule has 1 heterocycles. The van der Waals surface area contributed by atoms with Crippen molar-refractivity contribution in [1.82, 2.24) is 10.2 Å². The molecule has 1 aliphatic heterocycles. The molecular formula is C9H19N3O. The fraction of sp³-hybridized carbons (Fsp3) is 0.889. The lowest BCUT2D eigenvalue weighted by Crippen LogP contribution is -2.55. The van der Waals surface area contributed by atoms with Gasteiger partial charge in [0, 0.05) is 12.6 Å². The van der Waals surface area contributed by atoms with Gasteiger partial charge in [-0.3, -0.25) is 10.1 Å². The number of nitrogens with two attached hydrogens (primary N) is 1. The molecule has 1 unspecified atom stereocenters. The molecule has 0 bridgehead atoms. The number of primary amides is 1. The Morgan fingerprint density at radius 2 is 2.23 bits per heavy atom. The van der Waals surface area contributed by atoms with E-state index >= 15 is 0 Å². The number of nitrogens with zero attached hydrogens (tertiary/aromatic N) is 1. The van der Waals surface area contributed by atoms with E-state index in [-0.39, 0.29) is 5.91 Å². The fourth-order valence-electron chi connectivity index (χ4n) is 1.63. The van der Waals surface area contributed by atoms with Crippen LogP contribution in [0.5, 0.6) is 0 Å². The van der Waals surface area contributed by atoms with Crippen LogP contribution >= 0.6 is 0 Å². The van der Waals surface area contributed by atoms with Crippen LogP contribution in [-0.4, -0.2) is 42.5 Å². The molecule has 13 heavy (non-hydrogen) atoms. The standard InChI is InChI=1S/C9H19N3O/c1-9(2,8(10)13)11-7-4-5-12(3)6-7/h7,11H,4-6H2,1-3H3,(H2,10,13). The molecule has 0 aromatic carbocycles. The van der Waals surface area contributed by atoms with Crippen LogP contribution in [0, 0.1) is 0 Å². The van der Waals surface area contributed by atoms with Crippen molar-refractivity contribution in [2.75, 3.05) is 20.1 Å². The highest BCUT2D eigenvalue weighted by atomic mass is 16.1. The van der Waals surface area contributed by atoms with Gasteiger partial charge in [-0.05, 0) is 33.9 Å². The number of rotatable bonds is 3. The second-order valence-corrected chi connectivity index (χ2v) is 4.38. The molecule has 1 fully saturated rings. The van der Waals surface area contributed by atoms with Crippen molar-refractivity contribution < 1.29 is 4.79 Å². The fourth-order valence-corrected chi connectivity index (χ4v) is 1.63. The minimum Gasteiger partial charge on any atom is -0.368 e. The molecule has 0 aromatic rings. The zero-order chi connectivity index (χ0) is 10.1. The van der Waals surface area contributed by atoms with Crippen LogP contribution in [0.3, 0.4) is 0 Å². The van der Waals surface area contributed by atoms with Gasteiger partial charge in [-0.15, -0.1) is 0 Å². The number of hydrogen-bond donors (Lipinski definition) is 2. The Labute approximate surface area is 79.5 Å². The smallest absolute Gasteiger partial charge is 0.237 e. The molecule has 4 nitrogen and oxygen atoms in total. The van der Waals surface area contributed by atoms with Crippen molar-refractivity contribution >= 4 is 5.91 Å².